The van der Waals surface area contributed by atoms with E-state index < -0.39 is 66.0 Å². The Balaban J connectivity index is 2.15. The maximum atomic E-state index is 14.7. The lowest BCUT2D eigenvalue weighted by atomic mass is 9.99. The van der Waals surface area contributed by atoms with Crippen molar-refractivity contribution in [2.45, 2.75) is 24.1 Å². The van der Waals surface area contributed by atoms with Crippen LogP contribution in [0.15, 0.2) is 24.7 Å². The van der Waals surface area contributed by atoms with Gasteiger partial charge < -0.3 is 39.6 Å². The molecule has 0 aromatic heterocycles. The van der Waals surface area contributed by atoms with E-state index in [-0.39, 0.29) is 5.82 Å². The maximum absolute atomic E-state index is 14.7. The van der Waals surface area contributed by atoms with Crippen LogP contribution in [0, 0.1) is 0 Å². The smallest absolute Gasteiger partial charge is 0.387 e. The summed E-state index contributed by atoms with van der Waals surface area (Å²) in [6.45, 7) is 2.30. The highest BCUT2D eigenvalue weighted by Crippen LogP contribution is 2.66. The van der Waals surface area contributed by atoms with E-state index in [0.717, 1.165) is 17.2 Å². The molecule has 0 aromatic carbocycles. The van der Waals surface area contributed by atoms with Gasteiger partial charge in [0.25, 0.3) is 5.91 Å². The molecule has 0 aliphatic carbocycles. The molecule has 1 fully saturated rings. The Labute approximate surface area is 178 Å². The number of phosphoric acid groups is 3. The van der Waals surface area contributed by atoms with E-state index >= 15 is 0 Å². The van der Waals surface area contributed by atoms with E-state index in [4.69, 9.17) is 31.0 Å². The van der Waals surface area contributed by atoms with Crippen molar-refractivity contribution in [3.05, 3.63) is 24.7 Å². The second kappa shape index (κ2) is 9.27. The number of nitrogens with zero attached hydrogens (tertiary/aromatic N) is 1. The third-order valence-electron chi connectivity index (χ3n) is 3.82. The van der Waals surface area contributed by atoms with Crippen molar-refractivity contribution in [2.75, 3.05) is 12.5 Å². The molecule has 2 rings (SSSR count). The largest absolute Gasteiger partial charge is 0.490 e. The number of alkyl halides is 2. The first-order chi connectivity index (χ1) is 14.0. The first-order valence-electron chi connectivity index (χ1n) is 7.81. The maximum Gasteiger partial charge on any atom is 0.490 e. The van der Waals surface area contributed by atoms with Crippen LogP contribution in [0.1, 0.15) is 0 Å². The molecule has 2 aliphatic rings. The zero-order valence-corrected chi connectivity index (χ0v) is 18.5. The lowest BCUT2D eigenvalue weighted by Gasteiger charge is -2.33. The third-order valence-corrected chi connectivity index (χ3v) is 8.06. The monoisotopic (exact) mass is 532 g/mol. The minimum absolute atomic E-state index is 0.120. The summed E-state index contributed by atoms with van der Waals surface area (Å²) in [4.78, 5) is 48.0. The van der Waals surface area contributed by atoms with Crippen LogP contribution in [-0.4, -0.2) is 72.1 Å². The number of nitrogens with one attached hydrogen (secondary N) is 1. The van der Waals surface area contributed by atoms with Crippen LogP contribution in [0.5, 0.6) is 0 Å². The summed E-state index contributed by atoms with van der Waals surface area (Å²) in [5.41, 5.74) is -2.20. The third kappa shape index (κ3) is 6.65. The van der Waals surface area contributed by atoms with E-state index in [1.165, 1.54) is 0 Å². The molecule has 0 saturated carbocycles. The van der Waals surface area contributed by atoms with Crippen molar-refractivity contribution >= 4 is 41.0 Å². The van der Waals surface area contributed by atoms with Gasteiger partial charge in [0.15, 0.2) is 12.4 Å². The van der Waals surface area contributed by atoms with Gasteiger partial charge in [0.1, 0.15) is 17.5 Å². The van der Waals surface area contributed by atoms with Crippen molar-refractivity contribution < 1.29 is 65.4 Å². The highest BCUT2D eigenvalue weighted by atomic mass is 35.5. The molecule has 6 N–H and O–H groups in total. The van der Waals surface area contributed by atoms with E-state index in [1.54, 1.807) is 0 Å². The molecule has 1 amide bonds. The molecule has 178 valence electrons. The fourth-order valence-electron chi connectivity index (χ4n) is 2.52. The second-order valence-electron chi connectivity index (χ2n) is 6.12. The van der Waals surface area contributed by atoms with Gasteiger partial charge in [-0.3, -0.25) is 9.32 Å². The Bertz CT molecular complexity index is 913. The number of ether oxygens (including phenoxy) is 1. The SMILES string of the molecule is C=C1NC(=O)C=CN1[C@@H]1O[C@](CCl)(COP(=O)(O)OP(=O)(O)OP(=O)(O)O)[C@@H](O)[C@H]1F. The predicted octanol–water partition coefficient (Wildman–Crippen LogP) is -0.221. The Hall–Kier alpha value is -0.700. The fraction of sp³-hybridized carbons (Fsp3) is 0.545. The number of rotatable bonds is 9. The molecule has 0 spiro atoms. The summed E-state index contributed by atoms with van der Waals surface area (Å²) in [5, 5.41) is 12.5. The molecule has 20 heteroatoms. The van der Waals surface area contributed by atoms with Crippen LogP contribution < -0.4 is 5.32 Å². The van der Waals surface area contributed by atoms with Gasteiger partial charge in [0, 0.05) is 12.3 Å². The highest BCUT2D eigenvalue weighted by molar-refractivity contribution is 7.66. The zero-order valence-electron chi connectivity index (χ0n) is 15.1. The highest BCUT2D eigenvalue weighted by Gasteiger charge is 2.58. The van der Waals surface area contributed by atoms with Gasteiger partial charge in [-0.25, -0.2) is 18.1 Å². The Morgan fingerprint density at radius 2 is 1.87 bits per heavy atom. The van der Waals surface area contributed by atoms with Gasteiger partial charge in [-0.05, 0) is 0 Å². The lowest BCUT2D eigenvalue weighted by Crippen LogP contribution is -2.47. The molecule has 31 heavy (non-hydrogen) atoms. The van der Waals surface area contributed by atoms with Crippen LogP contribution in [0.3, 0.4) is 0 Å². The first-order valence-corrected chi connectivity index (χ1v) is 12.9. The number of hydrogen-bond donors (Lipinski definition) is 6. The second-order valence-corrected chi connectivity index (χ2v) is 10.8. The van der Waals surface area contributed by atoms with Crippen LogP contribution in [-0.2, 0) is 36.4 Å². The molecule has 0 radical (unpaired) electrons. The predicted molar refractivity (Wildman–Crippen MR) is 97.3 cm³/mol. The average molecular weight is 533 g/mol. The Kier molecular flexibility index (Phi) is 7.94. The molecule has 15 nitrogen and oxygen atoms in total. The van der Waals surface area contributed by atoms with Crippen molar-refractivity contribution in [2.24, 2.45) is 0 Å². The van der Waals surface area contributed by atoms with Gasteiger partial charge in [-0.15, -0.1) is 11.6 Å². The number of carbonyl (C=O) groups is 1. The number of phosphoric ester groups is 1. The Morgan fingerprint density at radius 3 is 2.39 bits per heavy atom. The molecular formula is C11H17ClFN2O13P3. The standard InChI is InChI=1S/C11H17ClFN2O13P3/c1-6-14-7(16)2-3-15(6)10-8(13)9(17)11(4-12,26-10)5-25-30(21,22)28-31(23,24)27-29(18,19)20/h2-3,8-10,17H,1,4-5H2,(H,14,16)(H,21,22)(H,23,24)(H2,18,19,20)/t8-,9+,10-,11-/m1/s1. The average Bonchev–Trinajstić information content (AvgIpc) is 2.82. The minimum Gasteiger partial charge on any atom is -0.387 e. The summed E-state index contributed by atoms with van der Waals surface area (Å²) in [6.07, 6.45) is -3.80. The summed E-state index contributed by atoms with van der Waals surface area (Å²) in [6, 6.07) is 0. The molecular weight excluding hydrogens is 515 g/mol. The van der Waals surface area contributed by atoms with Gasteiger partial charge >= 0.3 is 23.5 Å². The molecule has 2 unspecified atom stereocenters. The number of aliphatic hydroxyl groups is 1. The van der Waals surface area contributed by atoms with E-state index in [9.17, 15) is 32.9 Å². The minimum atomic E-state index is -5.78. The molecule has 0 bridgehead atoms. The van der Waals surface area contributed by atoms with Gasteiger partial charge in [0.05, 0.1) is 12.5 Å². The Morgan fingerprint density at radius 1 is 1.26 bits per heavy atom. The topological polar surface area (TPSA) is 222 Å². The zero-order chi connectivity index (χ0) is 23.8. The van der Waals surface area contributed by atoms with Gasteiger partial charge in [-0.2, -0.15) is 8.62 Å². The van der Waals surface area contributed by atoms with Crippen LogP contribution >= 0.6 is 35.1 Å². The summed E-state index contributed by atoms with van der Waals surface area (Å²) in [5.74, 6) is -1.41. The normalized spacial score (nSPS) is 33.1. The van der Waals surface area contributed by atoms with E-state index in [2.05, 4.69) is 25.0 Å². The summed E-state index contributed by atoms with van der Waals surface area (Å²) in [7, 11) is -17.0. The fourth-order valence-corrected chi connectivity index (χ4v) is 5.89. The number of halogens is 2. The van der Waals surface area contributed by atoms with Crippen molar-refractivity contribution in [3.63, 3.8) is 0 Å². The molecule has 6 atom stereocenters. The van der Waals surface area contributed by atoms with Crippen molar-refractivity contribution in [3.8, 4) is 0 Å². The summed E-state index contributed by atoms with van der Waals surface area (Å²) < 4.78 is 65.5. The van der Waals surface area contributed by atoms with Crippen molar-refractivity contribution in [1.29, 1.82) is 0 Å². The van der Waals surface area contributed by atoms with E-state index in [0.29, 0.717) is 0 Å². The van der Waals surface area contributed by atoms with Crippen LogP contribution in [0.25, 0.3) is 0 Å². The molecule has 2 heterocycles. The summed E-state index contributed by atoms with van der Waals surface area (Å²) >= 11 is 5.73. The molecule has 2 aliphatic heterocycles. The molecule has 0 aromatic rings. The first kappa shape index (κ1) is 26.6. The quantitative estimate of drug-likeness (QED) is 0.167. The van der Waals surface area contributed by atoms with Crippen molar-refractivity contribution in [1.82, 2.24) is 10.2 Å². The lowest BCUT2D eigenvalue weighted by molar-refractivity contribution is -0.126. The van der Waals surface area contributed by atoms with Gasteiger partial charge in [0.2, 0.25) is 0 Å². The number of carbonyl (C=O) groups excluding carboxylic acids is 1. The van der Waals surface area contributed by atoms with Crippen LogP contribution in [0.2, 0.25) is 0 Å². The number of aliphatic hydroxyl groups excluding tert-OH is 1. The number of hydrogen-bond acceptors (Lipinski definition) is 10. The number of amides is 1. The van der Waals surface area contributed by atoms with Gasteiger partial charge in [-0.1, -0.05) is 6.58 Å². The van der Waals surface area contributed by atoms with Crippen LogP contribution in [0.4, 0.5) is 4.39 Å². The molecule has 1 saturated heterocycles. The van der Waals surface area contributed by atoms with E-state index in [1.807, 2.05) is 0 Å².